The summed E-state index contributed by atoms with van der Waals surface area (Å²) in [7, 11) is 0. The van der Waals surface area contributed by atoms with E-state index in [9.17, 15) is 4.79 Å². The van der Waals surface area contributed by atoms with Crippen LogP contribution in [0.2, 0.25) is 0 Å². The summed E-state index contributed by atoms with van der Waals surface area (Å²) in [4.78, 5) is 14.0. The number of carbonyl (C=O) groups excluding carboxylic acids is 1. The van der Waals surface area contributed by atoms with E-state index < -0.39 is 0 Å². The fourth-order valence-corrected chi connectivity index (χ4v) is 4.40. The van der Waals surface area contributed by atoms with E-state index in [4.69, 9.17) is 5.41 Å². The Morgan fingerprint density at radius 2 is 1.96 bits per heavy atom. The Morgan fingerprint density at radius 3 is 2.67 bits per heavy atom. The fourth-order valence-electron chi connectivity index (χ4n) is 4.40. The number of ketones is 1. The third-order valence-electron chi connectivity index (χ3n) is 6.29. The van der Waals surface area contributed by atoms with E-state index in [2.05, 4.69) is 42.3 Å². The first kappa shape index (κ1) is 19.7. The van der Waals surface area contributed by atoms with Gasteiger partial charge in [0.15, 0.2) is 5.78 Å². The highest BCUT2D eigenvalue weighted by molar-refractivity contribution is 6.44. The molecular formula is C23H33N3O. The molecule has 0 bridgehead atoms. The number of hydrogen-bond acceptors (Lipinski definition) is 4. The topological polar surface area (TPSA) is 56.2 Å². The van der Waals surface area contributed by atoms with Crippen molar-refractivity contribution in [3.05, 3.63) is 40.6 Å². The monoisotopic (exact) mass is 367 g/mol. The van der Waals surface area contributed by atoms with Gasteiger partial charge in [0.1, 0.15) is 5.71 Å². The van der Waals surface area contributed by atoms with Gasteiger partial charge in [0.2, 0.25) is 0 Å². The lowest BCUT2D eigenvalue weighted by Crippen LogP contribution is -2.35. The number of aryl methyl sites for hydroxylation is 1. The van der Waals surface area contributed by atoms with Crippen LogP contribution in [0.5, 0.6) is 0 Å². The van der Waals surface area contributed by atoms with Crippen LogP contribution in [0.3, 0.4) is 0 Å². The molecule has 1 aliphatic heterocycles. The van der Waals surface area contributed by atoms with Crippen molar-refractivity contribution in [2.24, 2.45) is 5.92 Å². The summed E-state index contributed by atoms with van der Waals surface area (Å²) in [5.74, 6) is 0.640. The first-order valence-corrected chi connectivity index (χ1v) is 10.3. The Balaban J connectivity index is 1.47. The first-order valence-electron chi connectivity index (χ1n) is 10.3. The molecule has 27 heavy (non-hydrogen) atoms. The Morgan fingerprint density at radius 1 is 1.22 bits per heavy atom. The smallest absolute Gasteiger partial charge is 0.177 e. The van der Waals surface area contributed by atoms with Gasteiger partial charge in [-0.3, -0.25) is 10.2 Å². The number of hydrogen-bond donors (Lipinski definition) is 2. The van der Waals surface area contributed by atoms with E-state index in [-0.39, 0.29) is 11.5 Å². The van der Waals surface area contributed by atoms with Gasteiger partial charge >= 0.3 is 0 Å². The molecule has 1 saturated heterocycles. The predicted octanol–water partition coefficient (Wildman–Crippen LogP) is 4.55. The van der Waals surface area contributed by atoms with E-state index in [1.807, 2.05) is 0 Å². The molecule has 4 nitrogen and oxygen atoms in total. The van der Waals surface area contributed by atoms with Crippen LogP contribution in [-0.2, 0) is 4.79 Å². The van der Waals surface area contributed by atoms with Crippen molar-refractivity contribution in [3.8, 4) is 0 Å². The van der Waals surface area contributed by atoms with Crippen molar-refractivity contribution >= 4 is 17.2 Å². The maximum atomic E-state index is 11.5. The van der Waals surface area contributed by atoms with Crippen LogP contribution in [0.4, 0.5) is 5.69 Å². The zero-order chi connectivity index (χ0) is 19.4. The average Bonchev–Trinajstić information content (AvgIpc) is 3.12. The molecule has 2 N–H and O–H groups in total. The number of piperidine rings is 1. The van der Waals surface area contributed by atoms with Crippen molar-refractivity contribution in [2.45, 2.75) is 59.3 Å². The Bertz CT molecular complexity index is 742. The van der Waals surface area contributed by atoms with Crippen LogP contribution in [0, 0.1) is 25.2 Å². The molecule has 3 rings (SSSR count). The second-order valence-electron chi connectivity index (χ2n) is 8.11. The highest BCUT2D eigenvalue weighted by Crippen LogP contribution is 2.29. The first-order chi connectivity index (χ1) is 13.0. The van der Waals surface area contributed by atoms with Crippen LogP contribution in [0.1, 0.15) is 56.6 Å². The molecule has 1 aliphatic carbocycles. The maximum absolute atomic E-state index is 11.5. The maximum Gasteiger partial charge on any atom is 0.177 e. The van der Waals surface area contributed by atoms with Gasteiger partial charge in [-0.15, -0.1) is 0 Å². The van der Waals surface area contributed by atoms with Gasteiger partial charge in [-0.1, -0.05) is 12.1 Å². The number of rotatable bonds is 7. The van der Waals surface area contributed by atoms with Gasteiger partial charge in [0.05, 0.1) is 0 Å². The molecule has 0 atom stereocenters. The Labute approximate surface area is 163 Å². The minimum Gasteiger partial charge on any atom is -0.388 e. The molecule has 0 unspecified atom stereocenters. The van der Waals surface area contributed by atoms with Gasteiger partial charge < -0.3 is 10.2 Å². The Hall–Kier alpha value is -2.10. The predicted molar refractivity (Wildman–Crippen MR) is 113 cm³/mol. The molecule has 1 fully saturated rings. The SMILES string of the molecule is CC(=O)C(=N)C1=C(NCCC2CCN(c3cccc(C)c3C)CC2)CCC1. The second-order valence-corrected chi connectivity index (χ2v) is 8.11. The lowest BCUT2D eigenvalue weighted by Gasteiger charge is -2.35. The number of carbonyl (C=O) groups is 1. The molecule has 1 aromatic carbocycles. The van der Waals surface area contributed by atoms with Crippen molar-refractivity contribution in [1.82, 2.24) is 5.32 Å². The van der Waals surface area contributed by atoms with Crippen LogP contribution in [0.15, 0.2) is 29.5 Å². The molecule has 2 aliphatic rings. The molecule has 1 aromatic rings. The molecular weight excluding hydrogens is 334 g/mol. The van der Waals surface area contributed by atoms with Gasteiger partial charge in [-0.25, -0.2) is 0 Å². The van der Waals surface area contributed by atoms with Crippen molar-refractivity contribution in [1.29, 1.82) is 5.41 Å². The van der Waals surface area contributed by atoms with E-state index in [1.54, 1.807) is 0 Å². The molecule has 0 spiro atoms. The lowest BCUT2D eigenvalue weighted by atomic mass is 9.92. The van der Waals surface area contributed by atoms with E-state index in [0.29, 0.717) is 0 Å². The summed E-state index contributed by atoms with van der Waals surface area (Å²) in [6.45, 7) is 9.14. The van der Waals surface area contributed by atoms with Crippen molar-refractivity contribution in [3.63, 3.8) is 0 Å². The highest BCUT2D eigenvalue weighted by Gasteiger charge is 2.23. The van der Waals surface area contributed by atoms with Gasteiger partial charge in [0, 0.05) is 37.9 Å². The lowest BCUT2D eigenvalue weighted by molar-refractivity contribution is -0.111. The van der Waals surface area contributed by atoms with E-state index >= 15 is 0 Å². The summed E-state index contributed by atoms with van der Waals surface area (Å²) in [5.41, 5.74) is 6.48. The number of allylic oxidation sites excluding steroid dienone is 2. The quantitative estimate of drug-likeness (QED) is 0.695. The summed E-state index contributed by atoms with van der Waals surface area (Å²) < 4.78 is 0. The molecule has 0 saturated carbocycles. The number of Topliss-reactive ketones (excluding diaryl/α,β-unsaturated/α-hetero) is 1. The third kappa shape index (κ3) is 4.60. The summed E-state index contributed by atoms with van der Waals surface area (Å²) in [6, 6.07) is 6.61. The summed E-state index contributed by atoms with van der Waals surface area (Å²) in [6.07, 6.45) is 6.56. The zero-order valence-corrected chi connectivity index (χ0v) is 17.0. The van der Waals surface area contributed by atoms with Gasteiger partial charge in [-0.05, 0) is 81.1 Å². The second kappa shape index (κ2) is 8.73. The van der Waals surface area contributed by atoms with Crippen LogP contribution in [-0.4, -0.2) is 31.1 Å². The molecule has 1 heterocycles. The van der Waals surface area contributed by atoms with Gasteiger partial charge in [-0.2, -0.15) is 0 Å². The molecule has 4 heteroatoms. The van der Waals surface area contributed by atoms with Crippen molar-refractivity contribution in [2.75, 3.05) is 24.5 Å². The fraction of sp³-hybridized carbons (Fsp3) is 0.565. The Kier molecular flexibility index (Phi) is 6.35. The van der Waals surface area contributed by atoms with Crippen molar-refractivity contribution < 1.29 is 4.79 Å². The van der Waals surface area contributed by atoms with Gasteiger partial charge in [0.25, 0.3) is 0 Å². The van der Waals surface area contributed by atoms with Crippen LogP contribution < -0.4 is 10.2 Å². The molecule has 0 aromatic heterocycles. The largest absolute Gasteiger partial charge is 0.388 e. The van der Waals surface area contributed by atoms with E-state index in [0.717, 1.165) is 56.1 Å². The normalized spacial score (nSPS) is 18.1. The minimum absolute atomic E-state index is 0.120. The molecule has 146 valence electrons. The number of benzene rings is 1. The van der Waals surface area contributed by atoms with E-state index in [1.165, 1.54) is 43.0 Å². The molecule has 0 amide bonds. The summed E-state index contributed by atoms with van der Waals surface area (Å²) in [5, 5.41) is 11.5. The summed E-state index contributed by atoms with van der Waals surface area (Å²) >= 11 is 0. The zero-order valence-electron chi connectivity index (χ0n) is 17.0. The number of nitrogens with zero attached hydrogens (tertiary/aromatic N) is 1. The average molecular weight is 368 g/mol. The third-order valence-corrected chi connectivity index (χ3v) is 6.29. The standard InChI is InChI=1S/C23H33N3O/c1-16-6-4-9-22(17(16)2)26-14-11-19(12-15-26)10-13-25-21-8-5-7-20(21)23(24)18(3)27/h4,6,9,19,24-25H,5,7-8,10-15H2,1-3H3. The highest BCUT2D eigenvalue weighted by atomic mass is 16.1. The molecule has 0 radical (unpaired) electrons. The minimum atomic E-state index is -0.120. The van der Waals surface area contributed by atoms with Crippen LogP contribution in [0.25, 0.3) is 0 Å². The number of anilines is 1. The van der Waals surface area contributed by atoms with Crippen LogP contribution >= 0.6 is 0 Å². The number of nitrogens with one attached hydrogen (secondary N) is 2.